The molecule has 0 aliphatic heterocycles. The molecule has 0 heterocycles. The number of nitrogens with zero attached hydrogens (tertiary/aromatic N) is 1. The largest absolute Gasteiger partial charge is 0.401 e. The highest BCUT2D eigenvalue weighted by atomic mass is 79.9. The van der Waals surface area contributed by atoms with Gasteiger partial charge in [0, 0.05) is 24.2 Å². The summed E-state index contributed by atoms with van der Waals surface area (Å²) in [5.41, 5.74) is 0. The molecular weight excluding hydrogens is 279 g/mol. The Balaban J connectivity index is 3.77. The molecule has 14 heavy (non-hydrogen) atoms. The van der Waals surface area contributed by atoms with Gasteiger partial charge in [-0.25, -0.2) is 0 Å². The topological polar surface area (TPSA) is 3.24 Å². The predicted molar refractivity (Wildman–Crippen MR) is 59.3 cm³/mol. The van der Waals surface area contributed by atoms with Gasteiger partial charge in [0.05, 0.1) is 6.54 Å². The fourth-order valence-electron chi connectivity index (χ4n) is 0.981. The average Bonchev–Trinajstić information content (AvgIpc) is 2.02. The van der Waals surface area contributed by atoms with Crippen molar-refractivity contribution in [2.45, 2.75) is 13.1 Å². The molecular formula is C8H15BrF3NS. The number of hydrogen-bond donors (Lipinski definition) is 0. The minimum absolute atomic E-state index is 0.448. The van der Waals surface area contributed by atoms with Crippen LogP contribution in [-0.4, -0.2) is 47.5 Å². The molecule has 0 N–H and O–H groups in total. The Kier molecular flexibility index (Phi) is 8.14. The molecule has 0 saturated heterocycles. The van der Waals surface area contributed by atoms with Crippen LogP contribution in [0.25, 0.3) is 0 Å². The third-order valence-electron chi connectivity index (χ3n) is 1.56. The Morgan fingerprint density at radius 1 is 1.29 bits per heavy atom. The summed E-state index contributed by atoms with van der Waals surface area (Å²) < 4.78 is 36.2. The Bertz CT molecular complexity index is 143. The zero-order chi connectivity index (χ0) is 11.0. The number of halogens is 4. The van der Waals surface area contributed by atoms with E-state index in [1.807, 2.05) is 6.92 Å². The first kappa shape index (κ1) is 14.6. The summed E-state index contributed by atoms with van der Waals surface area (Å²) in [7, 11) is 0. The number of hydrogen-bond acceptors (Lipinski definition) is 2. The quantitative estimate of drug-likeness (QED) is 0.524. The lowest BCUT2D eigenvalue weighted by atomic mass is 10.4. The highest BCUT2D eigenvalue weighted by Gasteiger charge is 2.30. The number of rotatable bonds is 7. The summed E-state index contributed by atoms with van der Waals surface area (Å²) in [6.07, 6.45) is -4.08. The van der Waals surface area contributed by atoms with E-state index in [1.54, 1.807) is 11.8 Å². The Morgan fingerprint density at radius 2 is 1.93 bits per heavy atom. The van der Waals surface area contributed by atoms with E-state index in [-0.39, 0.29) is 0 Å². The molecule has 0 aromatic carbocycles. The lowest BCUT2D eigenvalue weighted by Crippen LogP contribution is -2.37. The van der Waals surface area contributed by atoms with Crippen LogP contribution in [0.2, 0.25) is 0 Å². The molecule has 0 aliphatic carbocycles. The molecule has 0 rings (SSSR count). The van der Waals surface area contributed by atoms with Crippen LogP contribution in [0.1, 0.15) is 6.92 Å². The van der Waals surface area contributed by atoms with Gasteiger partial charge in [-0.05, 0) is 5.75 Å². The van der Waals surface area contributed by atoms with Crippen LogP contribution in [-0.2, 0) is 0 Å². The van der Waals surface area contributed by atoms with Gasteiger partial charge in [0.25, 0.3) is 0 Å². The maximum Gasteiger partial charge on any atom is 0.401 e. The molecule has 0 aliphatic rings. The van der Waals surface area contributed by atoms with Crippen molar-refractivity contribution in [1.82, 2.24) is 4.90 Å². The van der Waals surface area contributed by atoms with E-state index in [2.05, 4.69) is 15.9 Å². The molecule has 0 amide bonds. The molecule has 86 valence electrons. The fraction of sp³-hybridized carbons (Fsp3) is 1.00. The smallest absolute Gasteiger partial charge is 0.293 e. The van der Waals surface area contributed by atoms with Crippen LogP contribution in [0.5, 0.6) is 0 Å². The molecule has 1 nitrogen and oxygen atoms in total. The minimum atomic E-state index is -4.08. The lowest BCUT2D eigenvalue weighted by Gasteiger charge is -2.22. The van der Waals surface area contributed by atoms with Gasteiger partial charge < -0.3 is 0 Å². The highest BCUT2D eigenvalue weighted by Crippen LogP contribution is 2.16. The monoisotopic (exact) mass is 293 g/mol. The van der Waals surface area contributed by atoms with E-state index < -0.39 is 12.7 Å². The molecule has 0 atom stereocenters. The summed E-state index contributed by atoms with van der Waals surface area (Å²) in [6.45, 7) is 2.15. The second-order valence-electron chi connectivity index (χ2n) is 2.78. The van der Waals surface area contributed by atoms with E-state index >= 15 is 0 Å². The first-order chi connectivity index (χ1) is 6.49. The standard InChI is InChI=1S/C8H15BrF3NS/c1-2-14-6-5-13(4-3-9)7-8(10,11)12/h2-7H2,1H3. The third kappa shape index (κ3) is 9.15. The van der Waals surface area contributed by atoms with Crippen molar-refractivity contribution >= 4 is 27.7 Å². The van der Waals surface area contributed by atoms with E-state index in [0.717, 1.165) is 11.5 Å². The molecule has 0 unspecified atom stereocenters. The first-order valence-corrected chi connectivity index (χ1v) is 6.70. The summed E-state index contributed by atoms with van der Waals surface area (Å²) in [5.74, 6) is 1.72. The van der Waals surface area contributed by atoms with Crippen LogP contribution in [0, 0.1) is 0 Å². The molecule has 0 radical (unpaired) electrons. The average molecular weight is 294 g/mol. The van der Waals surface area contributed by atoms with Crippen molar-refractivity contribution in [2.24, 2.45) is 0 Å². The van der Waals surface area contributed by atoms with E-state index in [4.69, 9.17) is 0 Å². The summed E-state index contributed by atoms with van der Waals surface area (Å²) in [6, 6.07) is 0. The van der Waals surface area contributed by atoms with Crippen molar-refractivity contribution < 1.29 is 13.2 Å². The zero-order valence-corrected chi connectivity index (χ0v) is 10.5. The second-order valence-corrected chi connectivity index (χ2v) is 4.96. The second kappa shape index (κ2) is 7.82. The van der Waals surface area contributed by atoms with Crippen LogP contribution >= 0.6 is 27.7 Å². The van der Waals surface area contributed by atoms with Crippen LogP contribution in [0.3, 0.4) is 0 Å². The van der Waals surface area contributed by atoms with Crippen molar-refractivity contribution in [1.29, 1.82) is 0 Å². The van der Waals surface area contributed by atoms with Gasteiger partial charge in [-0.2, -0.15) is 24.9 Å². The van der Waals surface area contributed by atoms with Gasteiger partial charge in [-0.15, -0.1) is 0 Å². The highest BCUT2D eigenvalue weighted by molar-refractivity contribution is 9.09. The molecule has 6 heteroatoms. The molecule has 0 saturated carbocycles. The first-order valence-electron chi connectivity index (χ1n) is 4.42. The number of alkyl halides is 4. The molecule has 0 aromatic rings. The van der Waals surface area contributed by atoms with Crippen molar-refractivity contribution in [2.75, 3.05) is 36.5 Å². The van der Waals surface area contributed by atoms with E-state index in [0.29, 0.717) is 18.4 Å². The van der Waals surface area contributed by atoms with Gasteiger partial charge in [0.1, 0.15) is 0 Å². The van der Waals surface area contributed by atoms with Gasteiger partial charge in [-0.3, -0.25) is 4.90 Å². The maximum absolute atomic E-state index is 12.1. The van der Waals surface area contributed by atoms with Gasteiger partial charge in [0.15, 0.2) is 0 Å². The van der Waals surface area contributed by atoms with Crippen molar-refractivity contribution in [3.8, 4) is 0 Å². The Morgan fingerprint density at radius 3 is 2.36 bits per heavy atom. The molecule has 0 fully saturated rings. The van der Waals surface area contributed by atoms with Gasteiger partial charge in [0.2, 0.25) is 0 Å². The van der Waals surface area contributed by atoms with Crippen LogP contribution in [0.4, 0.5) is 13.2 Å². The SMILES string of the molecule is CCSCCN(CCBr)CC(F)(F)F. The maximum atomic E-state index is 12.1. The van der Waals surface area contributed by atoms with Gasteiger partial charge >= 0.3 is 6.18 Å². The molecule has 0 spiro atoms. The van der Waals surface area contributed by atoms with Gasteiger partial charge in [-0.1, -0.05) is 22.9 Å². The summed E-state index contributed by atoms with van der Waals surface area (Å²) >= 11 is 4.81. The van der Waals surface area contributed by atoms with Crippen LogP contribution < -0.4 is 0 Å². The van der Waals surface area contributed by atoms with Crippen molar-refractivity contribution in [3.63, 3.8) is 0 Å². The normalized spacial score (nSPS) is 12.4. The number of thioether (sulfide) groups is 1. The predicted octanol–water partition coefficient (Wildman–Crippen LogP) is 3.00. The van der Waals surface area contributed by atoms with E-state index in [1.165, 1.54) is 4.90 Å². The zero-order valence-electron chi connectivity index (χ0n) is 8.11. The summed E-state index contributed by atoms with van der Waals surface area (Å²) in [4.78, 5) is 1.43. The fourth-order valence-corrected chi connectivity index (χ4v) is 2.16. The third-order valence-corrected chi connectivity index (χ3v) is 2.79. The summed E-state index contributed by atoms with van der Waals surface area (Å²) in [5, 5.41) is 0.583. The lowest BCUT2D eigenvalue weighted by molar-refractivity contribution is -0.144. The van der Waals surface area contributed by atoms with E-state index in [9.17, 15) is 13.2 Å². The Hall–Kier alpha value is 0.580. The molecule has 0 aromatic heterocycles. The van der Waals surface area contributed by atoms with Crippen LogP contribution in [0.15, 0.2) is 0 Å². The molecule has 0 bridgehead atoms. The minimum Gasteiger partial charge on any atom is -0.293 e. The van der Waals surface area contributed by atoms with Crippen molar-refractivity contribution in [3.05, 3.63) is 0 Å². The Labute approximate surface area is 95.5 Å².